The van der Waals surface area contributed by atoms with Crippen molar-refractivity contribution < 1.29 is 19.4 Å². The highest BCUT2D eigenvalue weighted by Gasteiger charge is 2.25. The topological polar surface area (TPSA) is 59.0 Å². The van der Waals surface area contributed by atoms with Gasteiger partial charge in [-0.3, -0.25) is 4.79 Å². The average Bonchev–Trinajstić information content (AvgIpc) is 2.56. The number of hydrogen-bond acceptors (Lipinski definition) is 4. The van der Waals surface area contributed by atoms with Crippen molar-refractivity contribution in [2.45, 2.75) is 13.0 Å². The third-order valence-electron chi connectivity index (χ3n) is 3.86. The van der Waals surface area contributed by atoms with Crippen LogP contribution in [0.2, 0.25) is 0 Å². The Bertz CT molecular complexity index is 729. The van der Waals surface area contributed by atoms with E-state index in [9.17, 15) is 9.90 Å². The lowest BCUT2D eigenvalue weighted by molar-refractivity contribution is 0.0519. The number of likely N-dealkylation sites (N-methyl/N-ethyl adjacent to an activating group) is 1. The van der Waals surface area contributed by atoms with Crippen molar-refractivity contribution in [3.05, 3.63) is 53.6 Å². The van der Waals surface area contributed by atoms with E-state index in [1.165, 1.54) is 4.90 Å². The minimum Gasteiger partial charge on any atom is -0.507 e. The number of carbonyl (C=O) groups is 1. The Hall–Kier alpha value is -2.69. The molecule has 5 heteroatoms. The average molecular weight is 313 g/mol. The predicted molar refractivity (Wildman–Crippen MR) is 86.2 cm³/mol. The Morgan fingerprint density at radius 2 is 1.96 bits per heavy atom. The second-order valence-corrected chi connectivity index (χ2v) is 5.65. The van der Waals surface area contributed by atoms with E-state index >= 15 is 0 Å². The third-order valence-corrected chi connectivity index (χ3v) is 3.86. The monoisotopic (exact) mass is 313 g/mol. The van der Waals surface area contributed by atoms with Crippen LogP contribution in [0.15, 0.2) is 42.5 Å². The standard InChI is InChI=1S/C18H19NO4/c1-12-6-5-7-14(17(12)20)18(21)19(2)10-13-11-22-15-8-3-4-9-16(15)23-13/h3-9,13,20H,10-11H2,1-2H3/t13-/m1/s1. The molecule has 1 atom stereocenters. The van der Waals surface area contributed by atoms with Crippen molar-refractivity contribution in [2.24, 2.45) is 0 Å². The number of phenolic OH excluding ortho intramolecular Hbond substituents is 1. The zero-order chi connectivity index (χ0) is 16.4. The van der Waals surface area contributed by atoms with Crippen LogP contribution in [0.5, 0.6) is 17.2 Å². The van der Waals surface area contributed by atoms with E-state index in [0.29, 0.717) is 35.8 Å². The molecule has 0 fully saturated rings. The van der Waals surface area contributed by atoms with Crippen LogP contribution in [0.4, 0.5) is 0 Å². The lowest BCUT2D eigenvalue weighted by Gasteiger charge is -2.29. The van der Waals surface area contributed by atoms with Crippen LogP contribution < -0.4 is 9.47 Å². The minimum atomic E-state index is -0.245. The Kier molecular flexibility index (Phi) is 4.10. The first-order valence-corrected chi connectivity index (χ1v) is 7.49. The summed E-state index contributed by atoms with van der Waals surface area (Å²) in [6.45, 7) is 2.52. The first-order valence-electron chi connectivity index (χ1n) is 7.49. The molecule has 3 rings (SSSR count). The molecule has 120 valence electrons. The van der Waals surface area contributed by atoms with Crippen molar-refractivity contribution in [3.8, 4) is 17.2 Å². The Morgan fingerprint density at radius 3 is 2.74 bits per heavy atom. The Balaban J connectivity index is 1.69. The van der Waals surface area contributed by atoms with E-state index in [4.69, 9.17) is 9.47 Å². The summed E-state index contributed by atoms with van der Waals surface area (Å²) < 4.78 is 11.5. The van der Waals surface area contributed by atoms with Gasteiger partial charge in [0.15, 0.2) is 17.6 Å². The lowest BCUT2D eigenvalue weighted by Crippen LogP contribution is -2.41. The van der Waals surface area contributed by atoms with E-state index in [-0.39, 0.29) is 17.8 Å². The molecule has 2 aromatic carbocycles. The van der Waals surface area contributed by atoms with Gasteiger partial charge < -0.3 is 19.5 Å². The molecule has 0 saturated carbocycles. The molecule has 0 aromatic heterocycles. The number of aryl methyl sites for hydroxylation is 1. The van der Waals surface area contributed by atoms with Crippen molar-refractivity contribution in [1.29, 1.82) is 0 Å². The summed E-state index contributed by atoms with van der Waals surface area (Å²) in [5.74, 6) is 1.18. The van der Waals surface area contributed by atoms with Gasteiger partial charge in [-0.25, -0.2) is 0 Å². The summed E-state index contributed by atoms with van der Waals surface area (Å²) in [5, 5.41) is 10.0. The summed E-state index contributed by atoms with van der Waals surface area (Å²) in [7, 11) is 1.69. The van der Waals surface area contributed by atoms with Crippen LogP contribution in [0.1, 0.15) is 15.9 Å². The third kappa shape index (κ3) is 3.08. The summed E-state index contributed by atoms with van der Waals surface area (Å²) in [5.41, 5.74) is 0.972. The Morgan fingerprint density at radius 1 is 1.22 bits per heavy atom. The van der Waals surface area contributed by atoms with Crippen LogP contribution in [-0.2, 0) is 0 Å². The number of ether oxygens (including phenoxy) is 2. The summed E-state index contributed by atoms with van der Waals surface area (Å²) in [6.07, 6.45) is -0.245. The number of aromatic hydroxyl groups is 1. The van der Waals surface area contributed by atoms with Gasteiger partial charge in [0.2, 0.25) is 0 Å². The van der Waals surface area contributed by atoms with Gasteiger partial charge in [0.05, 0.1) is 12.1 Å². The first-order chi connectivity index (χ1) is 11.1. The molecule has 1 amide bonds. The summed E-state index contributed by atoms with van der Waals surface area (Å²) >= 11 is 0. The fourth-order valence-electron chi connectivity index (χ4n) is 2.58. The van der Waals surface area contributed by atoms with E-state index in [0.717, 1.165) is 0 Å². The Labute approximate surface area is 135 Å². The van der Waals surface area contributed by atoms with Gasteiger partial charge in [-0.2, -0.15) is 0 Å². The normalized spacial score (nSPS) is 16.0. The number of hydrogen-bond donors (Lipinski definition) is 1. The molecule has 1 aliphatic heterocycles. The van der Waals surface area contributed by atoms with E-state index < -0.39 is 0 Å². The SMILES string of the molecule is Cc1cccc(C(=O)N(C)C[C@@H]2COc3ccccc3O2)c1O. The quantitative estimate of drug-likeness (QED) is 0.946. The summed E-state index contributed by atoms with van der Waals surface area (Å²) in [6, 6.07) is 12.6. The highest BCUT2D eigenvalue weighted by molar-refractivity contribution is 5.97. The largest absolute Gasteiger partial charge is 0.507 e. The molecule has 1 heterocycles. The van der Waals surface area contributed by atoms with Crippen LogP contribution in [0, 0.1) is 6.92 Å². The van der Waals surface area contributed by atoms with Crippen molar-refractivity contribution in [1.82, 2.24) is 4.90 Å². The van der Waals surface area contributed by atoms with Crippen molar-refractivity contribution in [2.75, 3.05) is 20.2 Å². The van der Waals surface area contributed by atoms with Gasteiger partial charge in [-0.1, -0.05) is 24.3 Å². The molecular weight excluding hydrogens is 294 g/mol. The molecular formula is C18H19NO4. The second-order valence-electron chi connectivity index (χ2n) is 5.65. The number of amides is 1. The molecule has 0 unspecified atom stereocenters. The van der Waals surface area contributed by atoms with Crippen molar-refractivity contribution >= 4 is 5.91 Å². The number of phenols is 1. The van der Waals surface area contributed by atoms with Gasteiger partial charge in [0.25, 0.3) is 5.91 Å². The van der Waals surface area contributed by atoms with Gasteiger partial charge >= 0.3 is 0 Å². The van der Waals surface area contributed by atoms with Crippen molar-refractivity contribution in [3.63, 3.8) is 0 Å². The van der Waals surface area contributed by atoms with Crippen LogP contribution in [0.3, 0.4) is 0 Å². The highest BCUT2D eigenvalue weighted by Crippen LogP contribution is 2.31. The minimum absolute atomic E-state index is 0.0236. The van der Waals surface area contributed by atoms with Crippen LogP contribution in [-0.4, -0.2) is 42.2 Å². The highest BCUT2D eigenvalue weighted by atomic mass is 16.6. The number of benzene rings is 2. The van der Waals surface area contributed by atoms with Crippen LogP contribution >= 0.6 is 0 Å². The molecule has 0 aliphatic carbocycles. The second kappa shape index (κ2) is 6.20. The molecule has 0 radical (unpaired) electrons. The fraction of sp³-hybridized carbons (Fsp3) is 0.278. The molecule has 1 N–H and O–H groups in total. The molecule has 23 heavy (non-hydrogen) atoms. The maximum absolute atomic E-state index is 12.5. The van der Waals surface area contributed by atoms with Gasteiger partial charge in [0, 0.05) is 7.05 Å². The molecule has 0 bridgehead atoms. The number of rotatable bonds is 3. The molecule has 0 saturated heterocycles. The smallest absolute Gasteiger partial charge is 0.257 e. The zero-order valence-electron chi connectivity index (χ0n) is 13.2. The number of nitrogens with zero attached hydrogens (tertiary/aromatic N) is 1. The number of para-hydroxylation sites is 3. The first kappa shape index (κ1) is 15.2. The van der Waals surface area contributed by atoms with E-state index in [1.54, 1.807) is 32.2 Å². The number of carbonyl (C=O) groups excluding carboxylic acids is 1. The maximum atomic E-state index is 12.5. The summed E-state index contributed by atoms with van der Waals surface area (Å²) in [4.78, 5) is 14.0. The zero-order valence-corrected chi connectivity index (χ0v) is 13.2. The fourth-order valence-corrected chi connectivity index (χ4v) is 2.58. The molecule has 1 aliphatic rings. The molecule has 5 nitrogen and oxygen atoms in total. The van der Waals surface area contributed by atoms with E-state index in [1.807, 2.05) is 24.3 Å². The maximum Gasteiger partial charge on any atom is 0.257 e. The molecule has 0 spiro atoms. The predicted octanol–water partition coefficient (Wildman–Crippen LogP) is 2.61. The van der Waals surface area contributed by atoms with Gasteiger partial charge in [-0.15, -0.1) is 0 Å². The van der Waals surface area contributed by atoms with Gasteiger partial charge in [-0.05, 0) is 30.7 Å². The van der Waals surface area contributed by atoms with Crippen LogP contribution in [0.25, 0.3) is 0 Å². The van der Waals surface area contributed by atoms with Gasteiger partial charge in [0.1, 0.15) is 12.4 Å². The lowest BCUT2D eigenvalue weighted by atomic mass is 10.1. The number of fused-ring (bicyclic) bond motifs is 1. The van der Waals surface area contributed by atoms with E-state index in [2.05, 4.69) is 0 Å². The molecule has 2 aromatic rings.